The fourth-order valence-electron chi connectivity index (χ4n) is 0. The van der Waals surface area contributed by atoms with Gasteiger partial charge in [0.25, 0.3) is 0 Å². The molecular formula is H2CeMnO5S+3. The third-order valence-electron chi connectivity index (χ3n) is 0. The van der Waals surface area contributed by atoms with Crippen molar-refractivity contribution in [3.63, 3.8) is 0 Å². The third-order valence-corrected chi connectivity index (χ3v) is 0. The molecule has 0 aliphatic carbocycles. The molecule has 5 nitrogen and oxygen atoms in total. The molecule has 8 heteroatoms. The van der Waals surface area contributed by atoms with Crippen molar-refractivity contribution in [3.8, 4) is 0 Å². The van der Waals surface area contributed by atoms with E-state index in [1.807, 2.05) is 0 Å². The van der Waals surface area contributed by atoms with E-state index >= 15 is 0 Å². The summed E-state index contributed by atoms with van der Waals surface area (Å²) in [5.41, 5.74) is 0. The van der Waals surface area contributed by atoms with Gasteiger partial charge in [-0.1, -0.05) is 0 Å². The van der Waals surface area contributed by atoms with Crippen molar-refractivity contribution in [3.05, 3.63) is 0 Å². The molecule has 0 saturated heterocycles. The fourth-order valence-corrected chi connectivity index (χ4v) is 0. The predicted molar refractivity (Wildman–Crippen MR) is 14.1 cm³/mol. The second-order valence-corrected chi connectivity index (χ2v) is 1.22. The SMILES string of the molecule is O.O=S(=O)([O-])[O-].[Ce+3].[Mn+2]. The van der Waals surface area contributed by atoms with Crippen LogP contribution in [0.1, 0.15) is 0 Å². The van der Waals surface area contributed by atoms with Crippen LogP contribution in [0.2, 0.25) is 0 Å². The van der Waals surface area contributed by atoms with E-state index in [1.54, 1.807) is 0 Å². The maximum absolute atomic E-state index is 8.52. The molecule has 0 bridgehead atoms. The molecule has 2 N–H and O–H groups in total. The molecule has 0 aromatic carbocycles. The quantitative estimate of drug-likeness (QED) is 0.288. The zero-order valence-corrected chi connectivity index (χ0v) is 8.56. The normalized spacial score (nSPS) is 7.25. The van der Waals surface area contributed by atoms with Crippen molar-refractivity contribution in [1.82, 2.24) is 0 Å². The Hall–Kier alpha value is 1.73. The Morgan fingerprint density at radius 2 is 1.12 bits per heavy atom. The summed E-state index contributed by atoms with van der Waals surface area (Å²) in [6, 6.07) is 0. The molecule has 0 atom stereocenters. The maximum Gasteiger partial charge on any atom is 3.00 e. The van der Waals surface area contributed by atoms with Crippen LogP contribution in [-0.4, -0.2) is 23.0 Å². The van der Waals surface area contributed by atoms with Crippen LogP contribution in [0.4, 0.5) is 0 Å². The summed E-state index contributed by atoms with van der Waals surface area (Å²) in [5.74, 6) is 0. The number of hydrogen-bond acceptors (Lipinski definition) is 4. The second-order valence-electron chi connectivity index (χ2n) is 0.408. The van der Waals surface area contributed by atoms with Crippen molar-refractivity contribution >= 4 is 10.4 Å². The van der Waals surface area contributed by atoms with Crippen LogP contribution in [0.25, 0.3) is 0 Å². The number of rotatable bonds is 0. The Kier molecular flexibility index (Phi) is 24.6. The van der Waals surface area contributed by atoms with Gasteiger partial charge in [-0.3, -0.25) is 8.42 Å². The predicted octanol–water partition coefficient (Wildman–Crippen LogP) is -2.17. The molecule has 0 heterocycles. The van der Waals surface area contributed by atoms with Gasteiger partial charge in [-0.25, -0.2) is 0 Å². The molecule has 0 aromatic rings. The van der Waals surface area contributed by atoms with Crippen molar-refractivity contribution in [2.75, 3.05) is 0 Å². The van der Waals surface area contributed by atoms with Crippen LogP contribution >= 0.6 is 0 Å². The van der Waals surface area contributed by atoms with Crippen LogP contribution < -0.4 is 0 Å². The van der Waals surface area contributed by atoms with Gasteiger partial charge < -0.3 is 14.6 Å². The van der Waals surface area contributed by atoms with Crippen molar-refractivity contribution in [2.24, 2.45) is 0 Å². The maximum atomic E-state index is 8.52. The molecule has 0 aromatic heterocycles. The van der Waals surface area contributed by atoms with E-state index in [2.05, 4.69) is 0 Å². The first-order valence-corrected chi connectivity index (χ1v) is 2.00. The van der Waals surface area contributed by atoms with Crippen LogP contribution in [0, 0.1) is 41.7 Å². The van der Waals surface area contributed by atoms with Crippen LogP contribution in [0.3, 0.4) is 0 Å². The molecule has 0 fully saturated rings. The van der Waals surface area contributed by atoms with Gasteiger partial charge in [-0.15, -0.1) is 0 Å². The largest absolute Gasteiger partial charge is 3.00 e. The first-order chi connectivity index (χ1) is 2.00. The summed E-state index contributed by atoms with van der Waals surface area (Å²) in [6.45, 7) is 0. The van der Waals surface area contributed by atoms with Gasteiger partial charge in [0.1, 0.15) is 0 Å². The van der Waals surface area contributed by atoms with Gasteiger partial charge in [0.05, 0.1) is 0 Å². The first kappa shape index (κ1) is 22.6. The summed E-state index contributed by atoms with van der Waals surface area (Å²) in [6.07, 6.45) is 0. The van der Waals surface area contributed by atoms with Gasteiger partial charge in [0, 0.05) is 10.4 Å². The molecule has 2 radical (unpaired) electrons. The minimum absolute atomic E-state index is 0. The Balaban J connectivity index is -0.0000000267. The van der Waals surface area contributed by atoms with Crippen molar-refractivity contribution < 1.29 is 81.8 Å². The number of hydrogen-bond donors (Lipinski definition) is 0. The van der Waals surface area contributed by atoms with E-state index in [1.165, 1.54) is 0 Å². The molecule has 0 rings (SSSR count). The zero-order valence-electron chi connectivity index (χ0n) is 3.42. The molecule has 0 unspecified atom stereocenters. The Bertz CT molecular complexity index is 95.6. The smallest absolute Gasteiger partial charge is 0.759 e. The van der Waals surface area contributed by atoms with E-state index in [9.17, 15) is 0 Å². The molecule has 0 aliphatic heterocycles. The molecule has 0 aliphatic rings. The Morgan fingerprint density at radius 1 is 1.12 bits per heavy atom. The summed E-state index contributed by atoms with van der Waals surface area (Å²) in [4.78, 5) is 0. The Morgan fingerprint density at radius 3 is 1.12 bits per heavy atom. The molecule has 0 amide bonds. The summed E-state index contributed by atoms with van der Waals surface area (Å²) in [5, 5.41) is 0. The van der Waals surface area contributed by atoms with Crippen molar-refractivity contribution in [1.29, 1.82) is 0 Å². The third kappa shape index (κ3) is 117. The van der Waals surface area contributed by atoms with Gasteiger partial charge in [-0.2, -0.15) is 0 Å². The minimum atomic E-state index is -5.17. The van der Waals surface area contributed by atoms with Crippen LogP contribution in [0.15, 0.2) is 0 Å². The van der Waals surface area contributed by atoms with E-state index in [4.69, 9.17) is 17.5 Å². The topological polar surface area (TPSA) is 112 Å². The van der Waals surface area contributed by atoms with E-state index in [-0.39, 0.29) is 64.3 Å². The summed E-state index contributed by atoms with van der Waals surface area (Å²) in [7, 11) is -5.17. The Labute approximate surface area is 91.0 Å². The molecule has 0 saturated carbocycles. The molecule has 8 heavy (non-hydrogen) atoms. The zero-order chi connectivity index (χ0) is 4.50. The van der Waals surface area contributed by atoms with Gasteiger partial charge in [0.15, 0.2) is 0 Å². The van der Waals surface area contributed by atoms with E-state index in [0.717, 1.165) is 0 Å². The van der Waals surface area contributed by atoms with Gasteiger partial charge in [-0.05, 0) is 0 Å². The first-order valence-electron chi connectivity index (χ1n) is 0.667. The second kappa shape index (κ2) is 8.73. The molecular weight excluding hydrogens is 307 g/mol. The van der Waals surface area contributed by atoms with Gasteiger partial charge in [0.2, 0.25) is 0 Å². The summed E-state index contributed by atoms with van der Waals surface area (Å²) >= 11 is 0. The van der Waals surface area contributed by atoms with Gasteiger partial charge >= 0.3 is 58.8 Å². The van der Waals surface area contributed by atoms with Crippen LogP contribution in [-0.2, 0) is 27.5 Å². The fraction of sp³-hybridized carbons (Fsp3) is 0. The average molecular weight is 309 g/mol. The van der Waals surface area contributed by atoms with E-state index < -0.39 is 10.4 Å². The molecule has 46 valence electrons. The van der Waals surface area contributed by atoms with E-state index in [0.29, 0.717) is 0 Å². The average Bonchev–Trinajstić information content (AvgIpc) is 0.722. The summed E-state index contributed by atoms with van der Waals surface area (Å²) < 4.78 is 34.1. The standard InChI is InChI=1S/Ce.Mn.H2O4S.H2O/c;;1-5(2,3)4;/h;;(H2,1,2,3,4);1H2/q+3;+2;;/p-2. The monoisotopic (exact) mass is 309 g/mol. The minimum Gasteiger partial charge on any atom is -0.759 e. The van der Waals surface area contributed by atoms with Crippen LogP contribution in [0.5, 0.6) is 0 Å². The van der Waals surface area contributed by atoms with Crippen molar-refractivity contribution in [2.45, 2.75) is 0 Å². The molecule has 0 spiro atoms.